The van der Waals surface area contributed by atoms with E-state index in [4.69, 9.17) is 5.73 Å². The van der Waals surface area contributed by atoms with Gasteiger partial charge in [-0.05, 0) is 55.7 Å². The van der Waals surface area contributed by atoms with E-state index in [2.05, 4.69) is 31.2 Å². The maximum Gasteiger partial charge on any atom is 0.123 e. The van der Waals surface area contributed by atoms with Crippen LogP contribution in [0.2, 0.25) is 0 Å². The van der Waals surface area contributed by atoms with Gasteiger partial charge in [-0.25, -0.2) is 4.39 Å². The summed E-state index contributed by atoms with van der Waals surface area (Å²) in [4.78, 5) is 1.23. The molecule has 3 heteroatoms. The van der Waals surface area contributed by atoms with Crippen molar-refractivity contribution in [1.82, 2.24) is 0 Å². The van der Waals surface area contributed by atoms with Gasteiger partial charge in [0.05, 0.1) is 0 Å². The summed E-state index contributed by atoms with van der Waals surface area (Å²) in [5, 5.41) is 0. The van der Waals surface area contributed by atoms with E-state index >= 15 is 0 Å². The molecular weight excluding hydrogens is 269 g/mol. The lowest BCUT2D eigenvalue weighted by molar-refractivity contribution is 0.622. The van der Waals surface area contributed by atoms with E-state index in [9.17, 15) is 4.39 Å². The van der Waals surface area contributed by atoms with Crippen molar-refractivity contribution < 1.29 is 4.39 Å². The van der Waals surface area contributed by atoms with Crippen molar-refractivity contribution in [1.29, 1.82) is 0 Å². The minimum atomic E-state index is -0.191. The number of aryl methyl sites for hydroxylation is 2. The van der Waals surface area contributed by atoms with Gasteiger partial charge in [-0.15, -0.1) is 11.8 Å². The molecule has 2 aromatic carbocycles. The summed E-state index contributed by atoms with van der Waals surface area (Å²) in [5.74, 6) is 0.642. The average Bonchev–Trinajstić information content (AvgIpc) is 2.41. The van der Waals surface area contributed by atoms with Crippen molar-refractivity contribution >= 4 is 11.8 Å². The molecule has 0 bridgehead atoms. The van der Waals surface area contributed by atoms with Crippen LogP contribution in [0.25, 0.3) is 0 Å². The minimum absolute atomic E-state index is 0.0287. The fraction of sp³-hybridized carbons (Fsp3) is 0.294. The largest absolute Gasteiger partial charge is 0.327 e. The molecule has 20 heavy (non-hydrogen) atoms. The Bertz CT molecular complexity index is 583. The van der Waals surface area contributed by atoms with Gasteiger partial charge >= 0.3 is 0 Å². The van der Waals surface area contributed by atoms with E-state index in [-0.39, 0.29) is 11.9 Å². The molecule has 1 atom stereocenters. The smallest absolute Gasteiger partial charge is 0.123 e. The topological polar surface area (TPSA) is 26.0 Å². The third kappa shape index (κ3) is 4.36. The summed E-state index contributed by atoms with van der Waals surface area (Å²) in [6.07, 6.45) is 0.711. The van der Waals surface area contributed by atoms with Crippen molar-refractivity contribution in [2.45, 2.75) is 31.2 Å². The molecule has 0 aliphatic heterocycles. The summed E-state index contributed by atoms with van der Waals surface area (Å²) in [5.41, 5.74) is 9.52. The first-order valence-corrected chi connectivity index (χ1v) is 7.73. The van der Waals surface area contributed by atoms with Crippen molar-refractivity contribution in [2.75, 3.05) is 5.75 Å². The monoisotopic (exact) mass is 289 g/mol. The maximum absolute atomic E-state index is 13.2. The van der Waals surface area contributed by atoms with Gasteiger partial charge in [0.25, 0.3) is 0 Å². The van der Waals surface area contributed by atoms with Crippen LogP contribution in [-0.4, -0.2) is 11.8 Å². The molecule has 1 unspecified atom stereocenters. The van der Waals surface area contributed by atoms with Gasteiger partial charge in [-0.2, -0.15) is 0 Å². The van der Waals surface area contributed by atoms with Gasteiger partial charge in [0.15, 0.2) is 0 Å². The molecule has 0 fully saturated rings. The second-order valence-electron chi connectivity index (χ2n) is 5.16. The standard InChI is InChI=1S/C17H20FNS/c1-12-4-3-5-17(8-12)20-11-16(19)10-14-9-15(18)7-6-13(14)2/h3-9,16H,10-11,19H2,1-2H3. The highest BCUT2D eigenvalue weighted by Crippen LogP contribution is 2.21. The highest BCUT2D eigenvalue weighted by atomic mass is 32.2. The third-order valence-corrected chi connectivity index (χ3v) is 4.43. The summed E-state index contributed by atoms with van der Waals surface area (Å²) in [6, 6.07) is 13.3. The third-order valence-electron chi connectivity index (χ3n) is 3.25. The number of halogens is 1. The Balaban J connectivity index is 1.92. The zero-order chi connectivity index (χ0) is 14.5. The summed E-state index contributed by atoms with van der Waals surface area (Å²) in [6.45, 7) is 4.08. The predicted molar refractivity (Wildman–Crippen MR) is 84.7 cm³/mol. The van der Waals surface area contributed by atoms with Gasteiger partial charge in [0.1, 0.15) is 5.82 Å². The van der Waals surface area contributed by atoms with Crippen molar-refractivity contribution in [3.05, 3.63) is 65.0 Å². The SMILES string of the molecule is Cc1cccc(SCC(N)Cc2cc(F)ccc2C)c1. The van der Waals surface area contributed by atoms with Gasteiger partial charge in [-0.3, -0.25) is 0 Å². The number of hydrogen-bond donors (Lipinski definition) is 1. The predicted octanol–water partition coefficient (Wildman–Crippen LogP) is 4.10. The number of rotatable bonds is 5. The fourth-order valence-corrected chi connectivity index (χ4v) is 3.08. The van der Waals surface area contributed by atoms with E-state index in [0.717, 1.165) is 16.9 Å². The molecule has 0 amide bonds. The van der Waals surface area contributed by atoms with Crippen LogP contribution in [0.15, 0.2) is 47.4 Å². The molecule has 0 radical (unpaired) electrons. The molecule has 106 valence electrons. The molecule has 0 heterocycles. The number of nitrogens with two attached hydrogens (primary N) is 1. The molecule has 0 aliphatic rings. The van der Waals surface area contributed by atoms with Gasteiger partial charge in [-0.1, -0.05) is 23.8 Å². The van der Waals surface area contributed by atoms with Crippen LogP contribution in [0.3, 0.4) is 0 Å². The Kier molecular flexibility index (Phi) is 5.21. The molecule has 0 saturated heterocycles. The molecule has 0 aromatic heterocycles. The normalized spacial score (nSPS) is 12.4. The Morgan fingerprint density at radius 3 is 2.70 bits per heavy atom. The van der Waals surface area contributed by atoms with E-state index in [1.54, 1.807) is 17.8 Å². The molecule has 0 aliphatic carbocycles. The molecule has 2 aromatic rings. The Morgan fingerprint density at radius 1 is 1.15 bits per heavy atom. The number of hydrogen-bond acceptors (Lipinski definition) is 2. The Labute approximate surface area is 124 Å². The van der Waals surface area contributed by atoms with Crippen LogP contribution in [-0.2, 0) is 6.42 Å². The van der Waals surface area contributed by atoms with E-state index in [1.807, 2.05) is 13.0 Å². The summed E-state index contributed by atoms with van der Waals surface area (Å²) < 4.78 is 13.2. The second-order valence-corrected chi connectivity index (χ2v) is 6.26. The van der Waals surface area contributed by atoms with Gasteiger partial charge < -0.3 is 5.73 Å². The van der Waals surface area contributed by atoms with E-state index in [0.29, 0.717) is 6.42 Å². The van der Waals surface area contributed by atoms with E-state index < -0.39 is 0 Å². The fourth-order valence-electron chi connectivity index (χ4n) is 2.11. The lowest BCUT2D eigenvalue weighted by Gasteiger charge is -2.13. The van der Waals surface area contributed by atoms with Crippen molar-refractivity contribution in [3.8, 4) is 0 Å². The van der Waals surface area contributed by atoms with Crippen LogP contribution in [0, 0.1) is 19.7 Å². The van der Waals surface area contributed by atoms with Crippen molar-refractivity contribution in [2.24, 2.45) is 5.73 Å². The highest BCUT2D eigenvalue weighted by molar-refractivity contribution is 7.99. The molecule has 2 rings (SSSR count). The second kappa shape index (κ2) is 6.91. The first-order chi connectivity index (χ1) is 9.54. The average molecular weight is 289 g/mol. The van der Waals surface area contributed by atoms with Crippen LogP contribution >= 0.6 is 11.8 Å². The van der Waals surface area contributed by atoms with Crippen LogP contribution in [0.4, 0.5) is 4.39 Å². The molecule has 2 N–H and O–H groups in total. The Morgan fingerprint density at radius 2 is 1.95 bits per heavy atom. The van der Waals surface area contributed by atoms with Crippen LogP contribution < -0.4 is 5.73 Å². The molecule has 0 saturated carbocycles. The Hall–Kier alpha value is -1.32. The number of benzene rings is 2. The molecule has 0 spiro atoms. The van der Waals surface area contributed by atoms with E-state index in [1.165, 1.54) is 16.5 Å². The minimum Gasteiger partial charge on any atom is -0.327 e. The van der Waals surface area contributed by atoms with Gasteiger partial charge in [0.2, 0.25) is 0 Å². The van der Waals surface area contributed by atoms with Crippen LogP contribution in [0.5, 0.6) is 0 Å². The lowest BCUT2D eigenvalue weighted by Crippen LogP contribution is -2.26. The quantitative estimate of drug-likeness (QED) is 0.838. The summed E-state index contributed by atoms with van der Waals surface area (Å²) in [7, 11) is 0. The highest BCUT2D eigenvalue weighted by Gasteiger charge is 2.08. The summed E-state index contributed by atoms with van der Waals surface area (Å²) >= 11 is 1.75. The molecular formula is C17H20FNS. The maximum atomic E-state index is 13.2. The first-order valence-electron chi connectivity index (χ1n) is 6.74. The zero-order valence-corrected chi connectivity index (χ0v) is 12.7. The van der Waals surface area contributed by atoms with Gasteiger partial charge in [0, 0.05) is 16.7 Å². The molecule has 1 nitrogen and oxygen atoms in total. The van der Waals surface area contributed by atoms with Crippen LogP contribution in [0.1, 0.15) is 16.7 Å². The lowest BCUT2D eigenvalue weighted by atomic mass is 10.0. The van der Waals surface area contributed by atoms with Crippen molar-refractivity contribution in [3.63, 3.8) is 0 Å². The first kappa shape index (κ1) is 15.1. The zero-order valence-electron chi connectivity index (χ0n) is 11.9. The number of thioether (sulfide) groups is 1.